The summed E-state index contributed by atoms with van der Waals surface area (Å²) in [4.78, 5) is 0. The maximum atomic E-state index is 8.42. The lowest BCUT2D eigenvalue weighted by molar-refractivity contribution is 0.212. The molecule has 0 amide bonds. The standard InChI is InChI=1S/C5H8NO/c1-5(7)3-2-4-6/h5,7H,1-3H2. The third-order valence-corrected chi connectivity index (χ3v) is 0.589. The summed E-state index contributed by atoms with van der Waals surface area (Å²) >= 11 is 0. The van der Waals surface area contributed by atoms with Crippen molar-refractivity contribution >= 4 is 0 Å². The van der Waals surface area contributed by atoms with Crippen LogP contribution in [-0.4, -0.2) is 11.2 Å². The number of aliphatic hydroxyl groups is 1. The second-order valence-corrected chi connectivity index (χ2v) is 1.35. The highest BCUT2D eigenvalue weighted by Gasteiger charge is 1.90. The van der Waals surface area contributed by atoms with Gasteiger partial charge in [0.1, 0.15) is 0 Å². The minimum atomic E-state index is -0.570. The third-order valence-electron chi connectivity index (χ3n) is 0.589. The first-order valence-electron chi connectivity index (χ1n) is 2.15. The lowest BCUT2D eigenvalue weighted by Gasteiger charge is -1.94. The summed E-state index contributed by atoms with van der Waals surface area (Å²) < 4.78 is 0. The van der Waals surface area contributed by atoms with Crippen LogP contribution in [0.1, 0.15) is 12.8 Å². The quantitative estimate of drug-likeness (QED) is 0.546. The van der Waals surface area contributed by atoms with Gasteiger partial charge in [0.2, 0.25) is 0 Å². The van der Waals surface area contributed by atoms with Gasteiger partial charge in [0.25, 0.3) is 0 Å². The maximum Gasteiger partial charge on any atom is 0.0622 e. The van der Waals surface area contributed by atoms with E-state index in [0.717, 1.165) is 0 Å². The van der Waals surface area contributed by atoms with Gasteiger partial charge in [-0.05, 0) is 13.3 Å². The minimum Gasteiger partial charge on any atom is -0.393 e. The topological polar surface area (TPSA) is 44.0 Å². The number of rotatable bonds is 2. The summed E-state index contributed by atoms with van der Waals surface area (Å²) in [6.07, 6.45) is 0.306. The second kappa shape index (κ2) is 3.63. The van der Waals surface area contributed by atoms with Crippen LogP contribution in [0, 0.1) is 18.3 Å². The summed E-state index contributed by atoms with van der Waals surface area (Å²) in [5.41, 5.74) is 0. The molecule has 1 N–H and O–H groups in total. The van der Waals surface area contributed by atoms with Gasteiger partial charge in [-0.15, -0.1) is 0 Å². The van der Waals surface area contributed by atoms with E-state index in [1.54, 1.807) is 0 Å². The van der Waals surface area contributed by atoms with E-state index in [0.29, 0.717) is 12.8 Å². The van der Waals surface area contributed by atoms with Gasteiger partial charge >= 0.3 is 0 Å². The van der Waals surface area contributed by atoms with Crippen LogP contribution in [0.15, 0.2) is 0 Å². The van der Waals surface area contributed by atoms with Crippen molar-refractivity contribution in [3.05, 3.63) is 6.92 Å². The molecule has 0 saturated heterocycles. The molecule has 0 heterocycles. The lowest BCUT2D eigenvalue weighted by Crippen LogP contribution is -1.97. The molecular weight excluding hydrogens is 90.1 g/mol. The first-order valence-corrected chi connectivity index (χ1v) is 2.15. The molecule has 0 aliphatic carbocycles. The summed E-state index contributed by atoms with van der Waals surface area (Å²) in [6.45, 7) is 3.28. The molecule has 7 heavy (non-hydrogen) atoms. The van der Waals surface area contributed by atoms with Crippen LogP contribution in [0.5, 0.6) is 0 Å². The number of nitriles is 1. The van der Waals surface area contributed by atoms with Crippen LogP contribution in [0.3, 0.4) is 0 Å². The van der Waals surface area contributed by atoms with Crippen molar-refractivity contribution in [2.75, 3.05) is 0 Å². The van der Waals surface area contributed by atoms with Gasteiger partial charge in [-0.2, -0.15) is 5.26 Å². The Morgan fingerprint density at radius 3 is 2.57 bits per heavy atom. The monoisotopic (exact) mass is 98.1 g/mol. The molecule has 1 unspecified atom stereocenters. The molecule has 2 nitrogen and oxygen atoms in total. The molecule has 0 saturated carbocycles. The van der Waals surface area contributed by atoms with Crippen molar-refractivity contribution in [3.63, 3.8) is 0 Å². The van der Waals surface area contributed by atoms with Gasteiger partial charge in [-0.1, -0.05) is 0 Å². The molecule has 0 aliphatic heterocycles. The number of nitrogens with zero attached hydrogens (tertiary/aromatic N) is 1. The Bertz CT molecular complexity index is 72.6. The normalized spacial score (nSPS) is 12.7. The summed E-state index contributed by atoms with van der Waals surface area (Å²) in [6, 6.07) is 1.90. The highest BCUT2D eigenvalue weighted by Crippen LogP contribution is 1.90. The van der Waals surface area contributed by atoms with E-state index in [4.69, 9.17) is 10.4 Å². The van der Waals surface area contributed by atoms with Gasteiger partial charge in [0, 0.05) is 6.42 Å². The fourth-order valence-electron chi connectivity index (χ4n) is 0.231. The van der Waals surface area contributed by atoms with Crippen molar-refractivity contribution < 1.29 is 5.11 Å². The zero-order valence-corrected chi connectivity index (χ0v) is 4.09. The lowest BCUT2D eigenvalue weighted by atomic mass is 10.2. The number of aliphatic hydroxyl groups excluding tert-OH is 1. The average molecular weight is 98.1 g/mol. The van der Waals surface area contributed by atoms with Crippen LogP contribution in [0.25, 0.3) is 0 Å². The van der Waals surface area contributed by atoms with Crippen LogP contribution in [0.4, 0.5) is 0 Å². The van der Waals surface area contributed by atoms with Crippen LogP contribution in [0.2, 0.25) is 0 Å². The van der Waals surface area contributed by atoms with Gasteiger partial charge < -0.3 is 5.11 Å². The molecule has 0 aromatic heterocycles. The highest BCUT2D eigenvalue weighted by atomic mass is 16.3. The van der Waals surface area contributed by atoms with Gasteiger partial charge in [0.15, 0.2) is 0 Å². The van der Waals surface area contributed by atoms with E-state index in [1.165, 1.54) is 0 Å². The van der Waals surface area contributed by atoms with E-state index in [2.05, 4.69) is 6.92 Å². The predicted octanol–water partition coefficient (Wildman–Crippen LogP) is 0.485. The maximum absolute atomic E-state index is 8.42. The Kier molecular flexibility index (Phi) is 3.35. The molecular formula is C5H8NO. The fraction of sp³-hybridized carbons (Fsp3) is 0.600. The second-order valence-electron chi connectivity index (χ2n) is 1.35. The van der Waals surface area contributed by atoms with E-state index in [1.807, 2.05) is 6.07 Å². The minimum absolute atomic E-state index is 0.394. The molecule has 0 spiro atoms. The third kappa shape index (κ3) is 5.45. The molecule has 0 aliphatic rings. The first-order chi connectivity index (χ1) is 3.27. The molecule has 0 rings (SSSR count). The molecule has 0 aromatic carbocycles. The van der Waals surface area contributed by atoms with E-state index >= 15 is 0 Å². The van der Waals surface area contributed by atoms with Gasteiger partial charge in [-0.3, -0.25) is 0 Å². The van der Waals surface area contributed by atoms with Crippen molar-refractivity contribution in [3.8, 4) is 6.07 Å². The predicted molar refractivity (Wildman–Crippen MR) is 26.2 cm³/mol. The summed E-state index contributed by atoms with van der Waals surface area (Å²) in [5, 5.41) is 16.3. The zero-order valence-electron chi connectivity index (χ0n) is 4.09. The molecule has 0 fully saturated rings. The Hall–Kier alpha value is -0.550. The van der Waals surface area contributed by atoms with Crippen molar-refractivity contribution in [2.24, 2.45) is 0 Å². The Morgan fingerprint density at radius 2 is 2.43 bits per heavy atom. The molecule has 2 heteroatoms. The first kappa shape index (κ1) is 6.45. The van der Waals surface area contributed by atoms with E-state index < -0.39 is 6.10 Å². The van der Waals surface area contributed by atoms with E-state index in [9.17, 15) is 0 Å². The Balaban J connectivity index is 2.86. The van der Waals surface area contributed by atoms with Gasteiger partial charge in [0.05, 0.1) is 12.2 Å². The Labute approximate surface area is 43.4 Å². The number of hydrogen-bond acceptors (Lipinski definition) is 2. The largest absolute Gasteiger partial charge is 0.393 e. The van der Waals surface area contributed by atoms with Crippen molar-refractivity contribution in [1.82, 2.24) is 0 Å². The molecule has 1 atom stereocenters. The molecule has 0 bridgehead atoms. The SMILES string of the molecule is [CH2]C(O)CCC#N. The summed E-state index contributed by atoms with van der Waals surface area (Å²) in [5.74, 6) is 0. The molecule has 0 aromatic rings. The Morgan fingerprint density at radius 1 is 1.86 bits per heavy atom. The summed E-state index contributed by atoms with van der Waals surface area (Å²) in [7, 11) is 0. The van der Waals surface area contributed by atoms with Gasteiger partial charge in [-0.25, -0.2) is 0 Å². The van der Waals surface area contributed by atoms with E-state index in [-0.39, 0.29) is 0 Å². The van der Waals surface area contributed by atoms with Crippen molar-refractivity contribution in [1.29, 1.82) is 5.26 Å². The number of hydrogen-bond donors (Lipinski definition) is 1. The smallest absolute Gasteiger partial charge is 0.0622 e. The molecule has 1 radical (unpaired) electrons. The fourth-order valence-corrected chi connectivity index (χ4v) is 0.231. The van der Waals surface area contributed by atoms with Crippen molar-refractivity contribution in [2.45, 2.75) is 18.9 Å². The average Bonchev–Trinajstić information content (AvgIpc) is 1.61. The molecule has 39 valence electrons. The van der Waals surface area contributed by atoms with Crippen LogP contribution < -0.4 is 0 Å². The highest BCUT2D eigenvalue weighted by molar-refractivity contribution is 4.71. The zero-order chi connectivity index (χ0) is 5.70. The van der Waals surface area contributed by atoms with Crippen LogP contribution in [-0.2, 0) is 0 Å². The van der Waals surface area contributed by atoms with Crippen LogP contribution >= 0.6 is 0 Å².